The maximum atomic E-state index is 6.17. The van der Waals surface area contributed by atoms with Crippen molar-refractivity contribution >= 4 is 33.2 Å². The molecule has 0 unspecified atom stereocenters. The zero-order valence-corrected chi connectivity index (χ0v) is 12.6. The maximum absolute atomic E-state index is 6.17. The van der Waals surface area contributed by atoms with Gasteiger partial charge < -0.3 is 0 Å². The average Bonchev–Trinajstić information content (AvgIpc) is 2.76. The first kappa shape index (κ1) is 13.7. The Morgan fingerprint density at radius 3 is 2.83 bits per heavy atom. The highest BCUT2D eigenvalue weighted by molar-refractivity contribution is 7.16. The Morgan fingerprint density at radius 1 is 1.39 bits per heavy atom. The molecular formula is C13H18ClN3S. The molecular weight excluding hydrogens is 266 g/mol. The van der Waals surface area contributed by atoms with Crippen LogP contribution >= 0.6 is 22.9 Å². The van der Waals surface area contributed by atoms with Crippen LogP contribution in [-0.4, -0.2) is 28.0 Å². The van der Waals surface area contributed by atoms with Gasteiger partial charge in [-0.05, 0) is 23.9 Å². The largest absolute Gasteiger partial charge is 0.296 e. The highest BCUT2D eigenvalue weighted by Gasteiger charge is 2.11. The van der Waals surface area contributed by atoms with Crippen molar-refractivity contribution in [3.8, 4) is 0 Å². The van der Waals surface area contributed by atoms with Crippen molar-refractivity contribution in [2.75, 3.05) is 13.1 Å². The quantitative estimate of drug-likeness (QED) is 0.781. The lowest BCUT2D eigenvalue weighted by Crippen LogP contribution is -2.28. The molecule has 0 aliphatic heterocycles. The van der Waals surface area contributed by atoms with E-state index in [-0.39, 0.29) is 0 Å². The molecule has 0 atom stereocenters. The van der Waals surface area contributed by atoms with Crippen molar-refractivity contribution in [3.05, 3.63) is 22.4 Å². The van der Waals surface area contributed by atoms with Gasteiger partial charge in [0.05, 0.1) is 6.54 Å². The van der Waals surface area contributed by atoms with Crippen LogP contribution in [0.5, 0.6) is 0 Å². The van der Waals surface area contributed by atoms with Crippen LogP contribution < -0.4 is 0 Å². The standard InChI is InChI=1S/C13H18ClN3S/c1-4-17(7-9(2)3)8-11-15-12(14)10-5-6-18-13(10)16-11/h5-6,9H,4,7-8H2,1-3H3. The van der Waals surface area contributed by atoms with Crippen molar-refractivity contribution < 1.29 is 0 Å². The third kappa shape index (κ3) is 3.19. The van der Waals surface area contributed by atoms with E-state index >= 15 is 0 Å². The molecule has 0 aromatic carbocycles. The molecule has 3 nitrogen and oxygen atoms in total. The summed E-state index contributed by atoms with van der Waals surface area (Å²) in [6.45, 7) is 9.43. The van der Waals surface area contributed by atoms with Crippen LogP contribution in [0.25, 0.3) is 10.2 Å². The normalized spacial score (nSPS) is 11.9. The average molecular weight is 284 g/mol. The van der Waals surface area contributed by atoms with E-state index in [1.54, 1.807) is 11.3 Å². The van der Waals surface area contributed by atoms with Gasteiger partial charge in [0, 0.05) is 11.9 Å². The van der Waals surface area contributed by atoms with E-state index in [4.69, 9.17) is 11.6 Å². The van der Waals surface area contributed by atoms with Gasteiger partial charge in [0.2, 0.25) is 0 Å². The predicted octanol–water partition coefficient (Wildman–Crippen LogP) is 3.82. The summed E-state index contributed by atoms with van der Waals surface area (Å²) >= 11 is 7.78. The molecule has 0 N–H and O–H groups in total. The summed E-state index contributed by atoms with van der Waals surface area (Å²) < 4.78 is 0. The molecule has 0 spiro atoms. The zero-order valence-electron chi connectivity index (χ0n) is 11.0. The fourth-order valence-electron chi connectivity index (χ4n) is 1.95. The minimum Gasteiger partial charge on any atom is -0.296 e. The lowest BCUT2D eigenvalue weighted by atomic mass is 10.2. The number of nitrogens with zero attached hydrogens (tertiary/aromatic N) is 3. The van der Waals surface area contributed by atoms with E-state index in [1.165, 1.54) is 0 Å². The van der Waals surface area contributed by atoms with Gasteiger partial charge in [0.1, 0.15) is 15.8 Å². The summed E-state index contributed by atoms with van der Waals surface area (Å²) in [5, 5.41) is 3.52. The van der Waals surface area contributed by atoms with E-state index in [9.17, 15) is 0 Å². The molecule has 2 rings (SSSR count). The number of rotatable bonds is 5. The minimum absolute atomic E-state index is 0.567. The van der Waals surface area contributed by atoms with Crippen molar-refractivity contribution in [2.24, 2.45) is 5.92 Å². The van der Waals surface area contributed by atoms with Gasteiger partial charge in [-0.15, -0.1) is 11.3 Å². The lowest BCUT2D eigenvalue weighted by molar-refractivity contribution is 0.243. The monoisotopic (exact) mass is 283 g/mol. The molecule has 0 aliphatic carbocycles. The SMILES string of the molecule is CCN(Cc1nc(Cl)c2ccsc2n1)CC(C)C. The third-order valence-corrected chi connectivity index (χ3v) is 3.86. The number of fused-ring (bicyclic) bond motifs is 1. The molecule has 0 fully saturated rings. The van der Waals surface area contributed by atoms with Crippen molar-refractivity contribution in [1.82, 2.24) is 14.9 Å². The fraction of sp³-hybridized carbons (Fsp3) is 0.538. The molecule has 0 saturated carbocycles. The van der Waals surface area contributed by atoms with E-state index in [1.807, 2.05) is 11.4 Å². The van der Waals surface area contributed by atoms with Crippen molar-refractivity contribution in [2.45, 2.75) is 27.3 Å². The Morgan fingerprint density at radius 2 is 2.17 bits per heavy atom. The first-order chi connectivity index (χ1) is 8.60. The van der Waals surface area contributed by atoms with Crippen LogP contribution in [0.4, 0.5) is 0 Å². The topological polar surface area (TPSA) is 29.0 Å². The molecule has 98 valence electrons. The number of thiophene rings is 1. The Hall–Kier alpha value is -0.710. The lowest BCUT2D eigenvalue weighted by Gasteiger charge is -2.21. The zero-order chi connectivity index (χ0) is 13.1. The summed E-state index contributed by atoms with van der Waals surface area (Å²) in [5.41, 5.74) is 0. The van der Waals surface area contributed by atoms with Gasteiger partial charge in [-0.2, -0.15) is 0 Å². The Balaban J connectivity index is 2.19. The first-order valence-corrected chi connectivity index (χ1v) is 7.48. The molecule has 0 radical (unpaired) electrons. The minimum atomic E-state index is 0.567. The molecule has 2 aromatic heterocycles. The molecule has 0 saturated heterocycles. The third-order valence-electron chi connectivity index (χ3n) is 2.76. The first-order valence-electron chi connectivity index (χ1n) is 6.22. The number of aromatic nitrogens is 2. The molecule has 18 heavy (non-hydrogen) atoms. The summed E-state index contributed by atoms with van der Waals surface area (Å²) in [5.74, 6) is 1.46. The maximum Gasteiger partial charge on any atom is 0.145 e. The summed E-state index contributed by atoms with van der Waals surface area (Å²) in [6.07, 6.45) is 0. The second kappa shape index (κ2) is 5.95. The van der Waals surface area contributed by atoms with Gasteiger partial charge in [-0.25, -0.2) is 9.97 Å². The van der Waals surface area contributed by atoms with Crippen LogP contribution in [0.2, 0.25) is 5.15 Å². The molecule has 0 bridgehead atoms. The highest BCUT2D eigenvalue weighted by atomic mass is 35.5. The number of hydrogen-bond donors (Lipinski definition) is 0. The Kier molecular flexibility index (Phi) is 4.54. The highest BCUT2D eigenvalue weighted by Crippen LogP contribution is 2.25. The van der Waals surface area contributed by atoms with Crippen molar-refractivity contribution in [1.29, 1.82) is 0 Å². The van der Waals surface area contributed by atoms with Gasteiger partial charge >= 0.3 is 0 Å². The van der Waals surface area contributed by atoms with E-state index in [0.29, 0.717) is 11.1 Å². The molecule has 0 aliphatic rings. The Bertz CT molecular complexity index is 524. The van der Waals surface area contributed by atoms with Crippen LogP contribution in [-0.2, 0) is 6.54 Å². The Labute approximate surface area is 117 Å². The van der Waals surface area contributed by atoms with Crippen LogP contribution in [0, 0.1) is 5.92 Å². The molecule has 0 amide bonds. The van der Waals surface area contributed by atoms with E-state index < -0.39 is 0 Å². The smallest absolute Gasteiger partial charge is 0.145 e. The summed E-state index contributed by atoms with van der Waals surface area (Å²) in [4.78, 5) is 12.3. The summed E-state index contributed by atoms with van der Waals surface area (Å²) in [6, 6.07) is 1.97. The van der Waals surface area contributed by atoms with Gasteiger partial charge in [-0.1, -0.05) is 32.4 Å². The number of hydrogen-bond acceptors (Lipinski definition) is 4. The van der Waals surface area contributed by atoms with Crippen LogP contribution in [0.3, 0.4) is 0 Å². The predicted molar refractivity (Wildman–Crippen MR) is 78.2 cm³/mol. The number of halogens is 1. The summed E-state index contributed by atoms with van der Waals surface area (Å²) in [7, 11) is 0. The van der Waals surface area contributed by atoms with E-state index in [2.05, 4.69) is 35.6 Å². The van der Waals surface area contributed by atoms with Crippen molar-refractivity contribution in [3.63, 3.8) is 0 Å². The second-order valence-corrected chi connectivity index (χ2v) is 6.04. The second-order valence-electron chi connectivity index (χ2n) is 4.79. The fourth-order valence-corrected chi connectivity index (χ4v) is 3.04. The van der Waals surface area contributed by atoms with E-state index in [0.717, 1.165) is 35.7 Å². The van der Waals surface area contributed by atoms with Gasteiger partial charge in [-0.3, -0.25) is 4.90 Å². The van der Waals surface area contributed by atoms with Crippen LogP contribution in [0.1, 0.15) is 26.6 Å². The molecule has 2 aromatic rings. The van der Waals surface area contributed by atoms with Gasteiger partial charge in [0.15, 0.2) is 0 Å². The van der Waals surface area contributed by atoms with Crippen LogP contribution in [0.15, 0.2) is 11.4 Å². The molecule has 5 heteroatoms. The van der Waals surface area contributed by atoms with Gasteiger partial charge in [0.25, 0.3) is 0 Å². The molecule has 2 heterocycles.